The lowest BCUT2D eigenvalue weighted by Crippen LogP contribution is -2.23. The third-order valence-corrected chi connectivity index (χ3v) is 4.50. The van der Waals surface area contributed by atoms with E-state index in [1.807, 2.05) is 0 Å². The van der Waals surface area contributed by atoms with E-state index in [-0.39, 0.29) is 12.5 Å². The summed E-state index contributed by atoms with van der Waals surface area (Å²) in [6, 6.07) is 0. The summed E-state index contributed by atoms with van der Waals surface area (Å²) in [4.78, 5) is 33.5. The van der Waals surface area contributed by atoms with E-state index in [0.717, 1.165) is 45.1 Å². The molecule has 0 aliphatic carbocycles. The standard InChI is InChI=1S/C21H40N2O4/c1-2-17-23-19(24)15-13-11-9-7-5-3-4-6-8-10-12-14-16-20(25)27-21(26)18-22/h2-18,22H2,1H3,(H,23,24). The van der Waals surface area contributed by atoms with Crippen LogP contribution >= 0.6 is 0 Å². The number of rotatable bonds is 18. The molecule has 1 amide bonds. The number of amides is 1. The fourth-order valence-corrected chi connectivity index (χ4v) is 2.90. The Morgan fingerprint density at radius 1 is 0.704 bits per heavy atom. The first-order valence-electron chi connectivity index (χ1n) is 10.8. The molecular weight excluding hydrogens is 344 g/mol. The van der Waals surface area contributed by atoms with Crippen molar-refractivity contribution in [2.45, 2.75) is 103 Å². The Hall–Kier alpha value is -1.43. The van der Waals surface area contributed by atoms with Crippen LogP contribution in [0.2, 0.25) is 0 Å². The summed E-state index contributed by atoms with van der Waals surface area (Å²) in [6.07, 6.45) is 15.8. The minimum Gasteiger partial charge on any atom is -0.392 e. The second kappa shape index (κ2) is 19.3. The largest absolute Gasteiger partial charge is 0.392 e. The molecule has 0 aromatic heterocycles. The predicted octanol–water partition coefficient (Wildman–Crippen LogP) is 4.00. The Balaban J connectivity index is 3.20. The molecule has 0 saturated heterocycles. The molecule has 6 nitrogen and oxygen atoms in total. The van der Waals surface area contributed by atoms with Crippen LogP contribution in [-0.4, -0.2) is 30.9 Å². The number of hydrogen-bond donors (Lipinski definition) is 2. The highest BCUT2D eigenvalue weighted by Gasteiger charge is 2.07. The topological polar surface area (TPSA) is 98.5 Å². The molecule has 0 aliphatic heterocycles. The highest BCUT2D eigenvalue weighted by Crippen LogP contribution is 2.13. The molecule has 0 saturated carbocycles. The van der Waals surface area contributed by atoms with Crippen LogP contribution in [0.5, 0.6) is 0 Å². The number of unbranched alkanes of at least 4 members (excludes halogenated alkanes) is 11. The van der Waals surface area contributed by atoms with Crippen molar-refractivity contribution >= 4 is 17.8 Å². The van der Waals surface area contributed by atoms with Gasteiger partial charge in [-0.3, -0.25) is 14.4 Å². The molecule has 0 atom stereocenters. The second-order valence-corrected chi connectivity index (χ2v) is 7.14. The minimum atomic E-state index is -0.655. The molecule has 3 N–H and O–H groups in total. The first-order valence-corrected chi connectivity index (χ1v) is 10.8. The van der Waals surface area contributed by atoms with E-state index in [4.69, 9.17) is 5.73 Å². The van der Waals surface area contributed by atoms with Gasteiger partial charge in [0.05, 0.1) is 6.54 Å². The maximum absolute atomic E-state index is 11.4. The van der Waals surface area contributed by atoms with Crippen LogP contribution in [0.15, 0.2) is 0 Å². The Bertz CT molecular complexity index is 400. The lowest BCUT2D eigenvalue weighted by atomic mass is 10.0. The summed E-state index contributed by atoms with van der Waals surface area (Å²) < 4.78 is 4.51. The van der Waals surface area contributed by atoms with Crippen LogP contribution in [0.3, 0.4) is 0 Å². The average Bonchev–Trinajstić information content (AvgIpc) is 2.66. The van der Waals surface area contributed by atoms with Crippen LogP contribution in [-0.2, 0) is 19.1 Å². The van der Waals surface area contributed by atoms with Gasteiger partial charge in [0, 0.05) is 19.4 Å². The number of carbonyl (C=O) groups is 3. The van der Waals surface area contributed by atoms with Crippen molar-refractivity contribution in [3.05, 3.63) is 0 Å². The normalized spacial score (nSPS) is 10.6. The van der Waals surface area contributed by atoms with E-state index in [1.165, 1.54) is 44.9 Å². The van der Waals surface area contributed by atoms with Gasteiger partial charge >= 0.3 is 11.9 Å². The summed E-state index contributed by atoms with van der Waals surface area (Å²) in [5.41, 5.74) is 5.08. The summed E-state index contributed by atoms with van der Waals surface area (Å²) >= 11 is 0. The molecule has 0 bridgehead atoms. The van der Waals surface area contributed by atoms with Crippen LogP contribution in [0.25, 0.3) is 0 Å². The third kappa shape index (κ3) is 19.1. The fourth-order valence-electron chi connectivity index (χ4n) is 2.90. The first kappa shape index (κ1) is 25.6. The zero-order chi connectivity index (χ0) is 20.2. The van der Waals surface area contributed by atoms with Crippen LogP contribution in [0.4, 0.5) is 0 Å². The van der Waals surface area contributed by atoms with E-state index in [0.29, 0.717) is 12.8 Å². The summed E-state index contributed by atoms with van der Waals surface area (Å²) in [5.74, 6) is -0.928. The van der Waals surface area contributed by atoms with Gasteiger partial charge in [-0.15, -0.1) is 0 Å². The molecule has 27 heavy (non-hydrogen) atoms. The van der Waals surface area contributed by atoms with Crippen molar-refractivity contribution < 1.29 is 19.1 Å². The molecule has 0 heterocycles. The smallest absolute Gasteiger partial charge is 0.327 e. The number of hydrogen-bond acceptors (Lipinski definition) is 5. The van der Waals surface area contributed by atoms with Gasteiger partial charge in [0.25, 0.3) is 0 Å². The molecule has 0 aliphatic rings. The van der Waals surface area contributed by atoms with Gasteiger partial charge < -0.3 is 15.8 Å². The number of carbonyl (C=O) groups excluding carboxylic acids is 3. The maximum Gasteiger partial charge on any atom is 0.327 e. The van der Waals surface area contributed by atoms with Crippen molar-refractivity contribution in [3.8, 4) is 0 Å². The summed E-state index contributed by atoms with van der Waals surface area (Å²) in [6.45, 7) is 2.61. The zero-order valence-corrected chi connectivity index (χ0v) is 17.2. The molecule has 0 radical (unpaired) electrons. The molecule has 0 rings (SSSR count). The summed E-state index contributed by atoms with van der Waals surface area (Å²) in [7, 11) is 0. The average molecular weight is 385 g/mol. The van der Waals surface area contributed by atoms with E-state index in [1.54, 1.807) is 0 Å². The van der Waals surface area contributed by atoms with E-state index < -0.39 is 11.9 Å². The van der Waals surface area contributed by atoms with Crippen molar-refractivity contribution in [1.29, 1.82) is 0 Å². The Morgan fingerprint density at radius 3 is 1.59 bits per heavy atom. The Morgan fingerprint density at radius 2 is 1.15 bits per heavy atom. The number of nitrogens with two attached hydrogens (primary N) is 1. The van der Waals surface area contributed by atoms with E-state index in [2.05, 4.69) is 17.0 Å². The van der Waals surface area contributed by atoms with Gasteiger partial charge in [-0.25, -0.2) is 0 Å². The number of ether oxygens (including phenoxy) is 1. The van der Waals surface area contributed by atoms with Gasteiger partial charge in [0.1, 0.15) is 0 Å². The lowest BCUT2D eigenvalue weighted by molar-refractivity contribution is -0.158. The van der Waals surface area contributed by atoms with Crippen LogP contribution < -0.4 is 11.1 Å². The predicted molar refractivity (Wildman–Crippen MR) is 108 cm³/mol. The van der Waals surface area contributed by atoms with Crippen LogP contribution in [0, 0.1) is 0 Å². The van der Waals surface area contributed by atoms with Gasteiger partial charge in [-0.2, -0.15) is 0 Å². The molecule has 0 aromatic carbocycles. The molecule has 158 valence electrons. The molecule has 6 heteroatoms. The van der Waals surface area contributed by atoms with E-state index >= 15 is 0 Å². The number of nitrogens with one attached hydrogen (secondary N) is 1. The highest BCUT2D eigenvalue weighted by atomic mass is 16.6. The Labute approximate surface area is 165 Å². The molecular formula is C21H40N2O4. The molecule has 0 fully saturated rings. The van der Waals surface area contributed by atoms with Gasteiger partial charge in [0.15, 0.2) is 0 Å². The van der Waals surface area contributed by atoms with E-state index in [9.17, 15) is 14.4 Å². The van der Waals surface area contributed by atoms with Gasteiger partial charge in [-0.1, -0.05) is 71.1 Å². The fraction of sp³-hybridized carbons (Fsp3) is 0.857. The summed E-state index contributed by atoms with van der Waals surface area (Å²) in [5, 5.41) is 2.91. The Kier molecular flexibility index (Phi) is 18.3. The molecule has 0 spiro atoms. The monoisotopic (exact) mass is 384 g/mol. The lowest BCUT2D eigenvalue weighted by Gasteiger charge is -2.04. The zero-order valence-electron chi connectivity index (χ0n) is 17.2. The first-order chi connectivity index (χ1) is 13.1. The van der Waals surface area contributed by atoms with Crippen molar-refractivity contribution in [3.63, 3.8) is 0 Å². The van der Waals surface area contributed by atoms with Crippen LogP contribution in [0.1, 0.15) is 103 Å². The molecule has 0 unspecified atom stereocenters. The third-order valence-electron chi connectivity index (χ3n) is 4.50. The second-order valence-electron chi connectivity index (χ2n) is 7.14. The minimum absolute atomic E-state index is 0.192. The quantitative estimate of drug-likeness (QED) is 0.211. The van der Waals surface area contributed by atoms with Crippen molar-refractivity contribution in [1.82, 2.24) is 5.32 Å². The SMILES string of the molecule is CCCNC(=O)CCCCCCCCCCCCCCC(=O)OC(=O)CN. The van der Waals surface area contributed by atoms with Crippen molar-refractivity contribution in [2.24, 2.45) is 5.73 Å². The van der Waals surface area contributed by atoms with Gasteiger partial charge in [-0.05, 0) is 19.3 Å². The number of esters is 2. The highest BCUT2D eigenvalue weighted by molar-refractivity contribution is 5.86. The maximum atomic E-state index is 11.4. The van der Waals surface area contributed by atoms with Crippen molar-refractivity contribution in [2.75, 3.05) is 13.1 Å². The van der Waals surface area contributed by atoms with Gasteiger partial charge in [0.2, 0.25) is 5.91 Å². The molecule has 0 aromatic rings.